The summed E-state index contributed by atoms with van der Waals surface area (Å²) in [6.07, 6.45) is 1.10. The lowest BCUT2D eigenvalue weighted by Gasteiger charge is -2.04. The predicted octanol–water partition coefficient (Wildman–Crippen LogP) is 2.90. The van der Waals surface area contributed by atoms with Crippen LogP contribution in [0.1, 0.15) is 27.1 Å². The van der Waals surface area contributed by atoms with Gasteiger partial charge in [-0.2, -0.15) is 0 Å². The van der Waals surface area contributed by atoms with Gasteiger partial charge in [-0.15, -0.1) is 0 Å². The lowest BCUT2D eigenvalue weighted by molar-refractivity contribution is 0.0893. The summed E-state index contributed by atoms with van der Waals surface area (Å²) in [6.45, 7) is 0. The van der Waals surface area contributed by atoms with Crippen molar-refractivity contribution >= 4 is 23.2 Å². The van der Waals surface area contributed by atoms with Crippen LogP contribution in [0.2, 0.25) is 5.15 Å². The zero-order chi connectivity index (χ0) is 13.8. The summed E-state index contributed by atoms with van der Waals surface area (Å²) in [5.41, 5.74) is 0.323. The Hall–Kier alpha value is -2.20. The summed E-state index contributed by atoms with van der Waals surface area (Å²) in [5.74, 6) is -1.02. The first-order valence-electron chi connectivity index (χ1n) is 5.54. The minimum atomic E-state index is -0.456. The molecule has 1 N–H and O–H groups in total. The maximum absolute atomic E-state index is 11.9. The smallest absolute Gasteiger partial charge is 0.174 e. The lowest BCUT2D eigenvalue weighted by Crippen LogP contribution is -2.09. The zero-order valence-corrected chi connectivity index (χ0v) is 10.6. The number of aromatic hydroxyl groups is 1. The molecule has 1 aromatic carbocycles. The first-order chi connectivity index (χ1) is 9.09. The maximum atomic E-state index is 11.9. The summed E-state index contributed by atoms with van der Waals surface area (Å²) >= 11 is 5.79. The fourth-order valence-electron chi connectivity index (χ4n) is 1.64. The van der Waals surface area contributed by atoms with Gasteiger partial charge in [-0.1, -0.05) is 23.7 Å². The van der Waals surface area contributed by atoms with Crippen LogP contribution in [-0.4, -0.2) is 21.7 Å². The van der Waals surface area contributed by atoms with E-state index in [1.54, 1.807) is 18.2 Å². The van der Waals surface area contributed by atoms with Crippen molar-refractivity contribution in [1.29, 1.82) is 0 Å². The van der Waals surface area contributed by atoms with Crippen molar-refractivity contribution in [2.24, 2.45) is 0 Å². The quantitative estimate of drug-likeness (QED) is 0.529. The van der Waals surface area contributed by atoms with Gasteiger partial charge < -0.3 is 5.11 Å². The molecule has 0 fully saturated rings. The van der Waals surface area contributed by atoms with Crippen LogP contribution in [0.3, 0.4) is 0 Å². The molecule has 0 aliphatic rings. The Labute approximate surface area is 114 Å². The van der Waals surface area contributed by atoms with Gasteiger partial charge >= 0.3 is 0 Å². The number of para-hydroxylation sites is 1. The fraction of sp³-hybridized carbons (Fsp3) is 0.0714. The number of phenols is 1. The summed E-state index contributed by atoms with van der Waals surface area (Å²) in [4.78, 5) is 27.6. The van der Waals surface area contributed by atoms with E-state index in [1.165, 1.54) is 24.4 Å². The predicted molar refractivity (Wildman–Crippen MR) is 70.6 cm³/mol. The lowest BCUT2D eigenvalue weighted by atomic mass is 10.0. The van der Waals surface area contributed by atoms with Gasteiger partial charge in [0, 0.05) is 6.20 Å². The van der Waals surface area contributed by atoms with E-state index >= 15 is 0 Å². The van der Waals surface area contributed by atoms with Gasteiger partial charge in [-0.05, 0) is 24.3 Å². The molecule has 0 radical (unpaired) electrons. The molecule has 0 bridgehead atoms. The molecule has 19 heavy (non-hydrogen) atoms. The van der Waals surface area contributed by atoms with Gasteiger partial charge in [0.05, 0.1) is 17.5 Å². The molecule has 4 nitrogen and oxygen atoms in total. The number of rotatable bonds is 4. The van der Waals surface area contributed by atoms with Gasteiger partial charge in [-0.3, -0.25) is 9.59 Å². The highest BCUT2D eigenvalue weighted by molar-refractivity contribution is 6.33. The first kappa shape index (κ1) is 13.2. The van der Waals surface area contributed by atoms with Gasteiger partial charge in [0.15, 0.2) is 11.6 Å². The normalized spacial score (nSPS) is 10.2. The molecule has 0 aliphatic heterocycles. The summed E-state index contributed by atoms with van der Waals surface area (Å²) in [6, 6.07) is 9.17. The van der Waals surface area contributed by atoms with Crippen molar-refractivity contribution < 1.29 is 14.7 Å². The minimum Gasteiger partial charge on any atom is -0.507 e. The SMILES string of the molecule is O=C(CC(=O)c1cccnc1Cl)c1ccccc1O. The van der Waals surface area contributed by atoms with E-state index < -0.39 is 11.6 Å². The van der Waals surface area contributed by atoms with Crippen LogP contribution in [0.15, 0.2) is 42.6 Å². The number of hydrogen-bond acceptors (Lipinski definition) is 4. The Kier molecular flexibility index (Phi) is 3.92. The topological polar surface area (TPSA) is 67.3 Å². The number of Topliss-reactive ketones (excluding diaryl/α,β-unsaturated/α-hetero) is 2. The van der Waals surface area contributed by atoms with Crippen molar-refractivity contribution in [2.75, 3.05) is 0 Å². The molecule has 2 rings (SSSR count). The van der Waals surface area contributed by atoms with E-state index in [2.05, 4.69) is 4.98 Å². The molecule has 2 aromatic rings. The average Bonchev–Trinajstić information content (AvgIpc) is 2.39. The fourth-order valence-corrected chi connectivity index (χ4v) is 1.86. The largest absolute Gasteiger partial charge is 0.507 e. The van der Waals surface area contributed by atoms with Crippen LogP contribution in [0.25, 0.3) is 0 Å². The van der Waals surface area contributed by atoms with Crippen molar-refractivity contribution in [1.82, 2.24) is 4.98 Å². The summed E-state index contributed by atoms with van der Waals surface area (Å²) < 4.78 is 0. The summed E-state index contributed by atoms with van der Waals surface area (Å²) in [5, 5.41) is 9.62. The molecule has 0 aliphatic carbocycles. The van der Waals surface area contributed by atoms with Crippen molar-refractivity contribution in [2.45, 2.75) is 6.42 Å². The second-order valence-electron chi connectivity index (χ2n) is 3.88. The molecular weight excluding hydrogens is 266 g/mol. The van der Waals surface area contributed by atoms with Crippen LogP contribution < -0.4 is 0 Å². The molecule has 0 saturated heterocycles. The summed E-state index contributed by atoms with van der Waals surface area (Å²) in [7, 11) is 0. The van der Waals surface area contributed by atoms with Gasteiger partial charge in [-0.25, -0.2) is 4.98 Å². The van der Waals surface area contributed by atoms with Crippen LogP contribution in [-0.2, 0) is 0 Å². The van der Waals surface area contributed by atoms with E-state index in [0.717, 1.165) is 0 Å². The van der Waals surface area contributed by atoms with Gasteiger partial charge in [0.1, 0.15) is 10.9 Å². The number of carbonyl (C=O) groups excluding carboxylic acids is 2. The Balaban J connectivity index is 2.19. The van der Waals surface area contributed by atoms with Gasteiger partial charge in [0.2, 0.25) is 0 Å². The second kappa shape index (κ2) is 5.63. The number of aromatic nitrogens is 1. The highest BCUT2D eigenvalue weighted by Crippen LogP contribution is 2.20. The molecule has 96 valence electrons. The van der Waals surface area contributed by atoms with E-state index in [4.69, 9.17) is 11.6 Å². The number of hydrogen-bond donors (Lipinski definition) is 1. The Morgan fingerprint density at radius 1 is 1.05 bits per heavy atom. The molecule has 5 heteroatoms. The third-order valence-electron chi connectivity index (χ3n) is 2.59. The van der Waals surface area contributed by atoms with Gasteiger partial charge in [0.25, 0.3) is 0 Å². The number of phenolic OH excluding ortho intramolecular Hbond substituents is 1. The second-order valence-corrected chi connectivity index (χ2v) is 4.24. The van der Waals surface area contributed by atoms with E-state index in [-0.39, 0.29) is 28.5 Å². The third-order valence-corrected chi connectivity index (χ3v) is 2.89. The molecule has 0 spiro atoms. The third kappa shape index (κ3) is 2.98. The standard InChI is InChI=1S/C14H10ClNO3/c15-14-10(5-3-7-16-14)13(19)8-12(18)9-4-1-2-6-11(9)17/h1-7,17H,8H2. The molecule has 0 amide bonds. The maximum Gasteiger partial charge on any atom is 0.174 e. The molecule has 0 saturated carbocycles. The molecule has 1 aromatic heterocycles. The van der Waals surface area contributed by atoms with Crippen LogP contribution in [0.5, 0.6) is 5.75 Å². The van der Waals surface area contributed by atoms with Crippen molar-refractivity contribution in [3.8, 4) is 5.75 Å². The monoisotopic (exact) mass is 275 g/mol. The van der Waals surface area contributed by atoms with Crippen LogP contribution >= 0.6 is 11.6 Å². The highest BCUT2D eigenvalue weighted by Gasteiger charge is 2.18. The first-order valence-corrected chi connectivity index (χ1v) is 5.92. The number of carbonyl (C=O) groups is 2. The number of ketones is 2. The molecular formula is C14H10ClNO3. The molecule has 0 atom stereocenters. The highest BCUT2D eigenvalue weighted by atomic mass is 35.5. The zero-order valence-electron chi connectivity index (χ0n) is 9.84. The van der Waals surface area contributed by atoms with Crippen molar-refractivity contribution in [3.05, 3.63) is 58.9 Å². The van der Waals surface area contributed by atoms with E-state index in [0.29, 0.717) is 0 Å². The number of halogens is 1. The minimum absolute atomic E-state index is 0.0672. The van der Waals surface area contributed by atoms with Crippen molar-refractivity contribution in [3.63, 3.8) is 0 Å². The Morgan fingerprint density at radius 2 is 1.68 bits per heavy atom. The number of benzene rings is 1. The van der Waals surface area contributed by atoms with Crippen LogP contribution in [0, 0.1) is 0 Å². The van der Waals surface area contributed by atoms with E-state index in [1.807, 2.05) is 0 Å². The van der Waals surface area contributed by atoms with Crippen LogP contribution in [0.4, 0.5) is 0 Å². The Morgan fingerprint density at radius 3 is 2.37 bits per heavy atom. The number of nitrogens with zero attached hydrogens (tertiary/aromatic N) is 1. The number of pyridine rings is 1. The molecule has 0 unspecified atom stereocenters. The average molecular weight is 276 g/mol. The Bertz CT molecular complexity index is 585. The molecule has 1 heterocycles. The van der Waals surface area contributed by atoms with E-state index in [9.17, 15) is 14.7 Å².